The van der Waals surface area contributed by atoms with Crippen LogP contribution in [0.4, 0.5) is 4.39 Å². The zero-order valence-electron chi connectivity index (χ0n) is 15.6. The number of carbonyl (C=O) groups is 1. The van der Waals surface area contributed by atoms with E-state index in [1.165, 1.54) is 12.1 Å². The monoisotopic (exact) mass is 428 g/mol. The predicted molar refractivity (Wildman–Crippen MR) is 112 cm³/mol. The topological polar surface area (TPSA) is 33.2 Å². The van der Waals surface area contributed by atoms with E-state index in [9.17, 15) is 9.18 Å². The minimum absolute atomic E-state index is 0.0658. The van der Waals surface area contributed by atoms with Crippen LogP contribution < -0.4 is 0 Å². The van der Waals surface area contributed by atoms with Crippen LogP contribution in [-0.4, -0.2) is 15.8 Å². The second-order valence-electron chi connectivity index (χ2n) is 7.26. The average Bonchev–Trinajstić information content (AvgIpc) is 3.52. The van der Waals surface area contributed by atoms with Gasteiger partial charge in [-0.15, -0.1) is 0 Å². The summed E-state index contributed by atoms with van der Waals surface area (Å²) in [6.07, 6.45) is 2.49. The van der Waals surface area contributed by atoms with Crippen molar-refractivity contribution in [3.63, 3.8) is 0 Å². The highest BCUT2D eigenvalue weighted by molar-refractivity contribution is 6.42. The molecule has 0 radical (unpaired) electrons. The second kappa shape index (κ2) is 8.52. The lowest BCUT2D eigenvalue weighted by Crippen LogP contribution is -2.32. The van der Waals surface area contributed by atoms with Crippen molar-refractivity contribution < 1.29 is 9.18 Å². The molecule has 1 amide bonds. The van der Waals surface area contributed by atoms with Gasteiger partial charge in [-0.1, -0.05) is 47.5 Å². The highest BCUT2D eigenvalue weighted by Gasteiger charge is 2.45. The fraction of sp³-hybridized carbons (Fsp3) is 0.217. The van der Waals surface area contributed by atoms with Crippen molar-refractivity contribution in [1.82, 2.24) is 9.88 Å². The summed E-state index contributed by atoms with van der Waals surface area (Å²) in [5.41, 5.74) is 2.72. The van der Waals surface area contributed by atoms with Gasteiger partial charge in [-0.3, -0.25) is 9.78 Å². The molecule has 148 valence electrons. The predicted octanol–water partition coefficient (Wildman–Crippen LogP) is 5.86. The molecule has 0 N–H and O–H groups in total. The fourth-order valence-corrected chi connectivity index (χ4v) is 3.86. The maximum Gasteiger partial charge on any atom is 0.226 e. The molecule has 1 aliphatic rings. The van der Waals surface area contributed by atoms with Gasteiger partial charge in [0.25, 0.3) is 0 Å². The molecule has 2 atom stereocenters. The number of benzene rings is 2. The van der Waals surface area contributed by atoms with E-state index >= 15 is 0 Å². The molecular weight excluding hydrogens is 410 g/mol. The minimum atomic E-state index is -0.270. The number of pyridine rings is 1. The van der Waals surface area contributed by atoms with Gasteiger partial charge < -0.3 is 4.90 Å². The number of hydrogen-bond donors (Lipinski definition) is 0. The molecule has 1 saturated carbocycles. The number of aromatic nitrogens is 1. The minimum Gasteiger partial charge on any atom is -0.332 e. The van der Waals surface area contributed by atoms with Crippen molar-refractivity contribution in [1.29, 1.82) is 0 Å². The Morgan fingerprint density at radius 3 is 2.52 bits per heavy atom. The Hall–Kier alpha value is -2.43. The highest BCUT2D eigenvalue weighted by Crippen LogP contribution is 2.48. The van der Waals surface area contributed by atoms with E-state index in [1.807, 2.05) is 24.3 Å². The normalized spacial score (nSPS) is 17.8. The van der Waals surface area contributed by atoms with Gasteiger partial charge in [0.15, 0.2) is 0 Å². The summed E-state index contributed by atoms with van der Waals surface area (Å²) in [5, 5.41) is 0.946. The largest absolute Gasteiger partial charge is 0.332 e. The Morgan fingerprint density at radius 2 is 1.83 bits per heavy atom. The lowest BCUT2D eigenvalue weighted by molar-refractivity contribution is -0.134. The van der Waals surface area contributed by atoms with Gasteiger partial charge >= 0.3 is 0 Å². The van der Waals surface area contributed by atoms with Crippen LogP contribution in [0.3, 0.4) is 0 Å². The van der Waals surface area contributed by atoms with E-state index in [-0.39, 0.29) is 23.6 Å². The molecule has 0 saturated heterocycles. The molecule has 3 aromatic rings. The third-order valence-corrected chi connectivity index (χ3v) is 5.89. The molecule has 3 nitrogen and oxygen atoms in total. The number of rotatable bonds is 6. The number of amides is 1. The van der Waals surface area contributed by atoms with Crippen LogP contribution in [0.15, 0.2) is 66.9 Å². The van der Waals surface area contributed by atoms with E-state index in [0.29, 0.717) is 23.1 Å². The first-order chi connectivity index (χ1) is 14.0. The van der Waals surface area contributed by atoms with E-state index in [4.69, 9.17) is 23.2 Å². The zero-order chi connectivity index (χ0) is 20.4. The molecule has 2 unspecified atom stereocenters. The van der Waals surface area contributed by atoms with Crippen LogP contribution in [0.5, 0.6) is 0 Å². The number of nitrogens with zero attached hydrogens (tertiary/aromatic N) is 2. The summed E-state index contributed by atoms with van der Waals surface area (Å²) in [5.74, 6) is -0.181. The number of halogens is 3. The molecule has 0 spiro atoms. The van der Waals surface area contributed by atoms with Crippen LogP contribution in [0.25, 0.3) is 0 Å². The van der Waals surface area contributed by atoms with Crippen molar-refractivity contribution >= 4 is 29.1 Å². The second-order valence-corrected chi connectivity index (χ2v) is 8.08. The summed E-state index contributed by atoms with van der Waals surface area (Å²) in [4.78, 5) is 19.4. The third-order valence-electron chi connectivity index (χ3n) is 5.15. The molecule has 1 aliphatic carbocycles. The molecule has 1 fully saturated rings. The molecule has 0 aliphatic heterocycles. The molecule has 29 heavy (non-hydrogen) atoms. The molecule has 1 aromatic heterocycles. The quantitative estimate of drug-likeness (QED) is 0.492. The van der Waals surface area contributed by atoms with Gasteiger partial charge in [0.05, 0.1) is 22.3 Å². The van der Waals surface area contributed by atoms with Crippen LogP contribution in [-0.2, 0) is 17.9 Å². The van der Waals surface area contributed by atoms with Crippen molar-refractivity contribution in [2.45, 2.75) is 25.4 Å². The summed E-state index contributed by atoms with van der Waals surface area (Å²) >= 11 is 12.2. The Labute approximate surface area is 179 Å². The first kappa shape index (κ1) is 19.9. The summed E-state index contributed by atoms with van der Waals surface area (Å²) in [7, 11) is 0. The summed E-state index contributed by atoms with van der Waals surface area (Å²) in [6.45, 7) is 0.825. The van der Waals surface area contributed by atoms with Crippen molar-refractivity contribution in [2.75, 3.05) is 0 Å². The smallest absolute Gasteiger partial charge is 0.226 e. The van der Waals surface area contributed by atoms with E-state index < -0.39 is 0 Å². The highest BCUT2D eigenvalue weighted by atomic mass is 35.5. The maximum absolute atomic E-state index is 13.3. The molecule has 6 heteroatoms. The third kappa shape index (κ3) is 4.77. The van der Waals surface area contributed by atoms with Gasteiger partial charge in [0.2, 0.25) is 5.91 Å². The molecule has 1 heterocycles. The average molecular weight is 429 g/mol. The molecule has 0 bridgehead atoms. The Morgan fingerprint density at radius 1 is 1.03 bits per heavy atom. The van der Waals surface area contributed by atoms with Crippen LogP contribution in [0.1, 0.15) is 29.2 Å². The van der Waals surface area contributed by atoms with E-state index in [2.05, 4.69) is 4.98 Å². The van der Waals surface area contributed by atoms with Gasteiger partial charge in [-0.05, 0) is 59.9 Å². The summed E-state index contributed by atoms with van der Waals surface area (Å²) in [6, 6.07) is 17.4. The summed E-state index contributed by atoms with van der Waals surface area (Å²) < 4.78 is 13.2. The van der Waals surface area contributed by atoms with E-state index in [0.717, 1.165) is 23.2 Å². The SMILES string of the molecule is O=C(C1CC1c1ccc(F)cc1)N(Cc1ccc(Cl)c(Cl)c1)Cc1ccccn1. The van der Waals surface area contributed by atoms with Gasteiger partial charge in [0.1, 0.15) is 5.82 Å². The number of carbonyl (C=O) groups excluding carboxylic acids is 1. The van der Waals surface area contributed by atoms with Crippen molar-refractivity contribution in [3.8, 4) is 0 Å². The van der Waals surface area contributed by atoms with Crippen molar-refractivity contribution in [3.05, 3.63) is 99.5 Å². The Balaban J connectivity index is 1.53. The Kier molecular flexibility index (Phi) is 5.84. The van der Waals surface area contributed by atoms with Gasteiger partial charge in [-0.25, -0.2) is 4.39 Å². The first-order valence-electron chi connectivity index (χ1n) is 9.39. The standard InChI is InChI=1S/C23H19Cl2FN2O/c24-21-9-4-15(11-22(21)25)13-28(14-18-3-1-2-10-27-18)23(29)20-12-19(20)16-5-7-17(26)8-6-16/h1-11,19-20H,12-14H2. The van der Waals surface area contributed by atoms with Crippen molar-refractivity contribution in [2.24, 2.45) is 5.92 Å². The first-order valence-corrected chi connectivity index (χ1v) is 10.1. The van der Waals surface area contributed by atoms with Gasteiger partial charge in [0, 0.05) is 18.7 Å². The molecular formula is C23H19Cl2FN2O. The van der Waals surface area contributed by atoms with Crippen LogP contribution in [0, 0.1) is 11.7 Å². The van der Waals surface area contributed by atoms with Crippen LogP contribution in [0.2, 0.25) is 10.0 Å². The van der Waals surface area contributed by atoms with Crippen LogP contribution >= 0.6 is 23.2 Å². The number of hydrogen-bond acceptors (Lipinski definition) is 2. The van der Waals surface area contributed by atoms with Gasteiger partial charge in [-0.2, -0.15) is 0 Å². The lowest BCUT2D eigenvalue weighted by atomic mass is 10.1. The lowest BCUT2D eigenvalue weighted by Gasteiger charge is -2.23. The molecule has 4 rings (SSSR count). The fourth-order valence-electron chi connectivity index (χ4n) is 3.54. The maximum atomic E-state index is 13.3. The Bertz CT molecular complexity index is 1010. The van der Waals surface area contributed by atoms with E-state index in [1.54, 1.807) is 35.4 Å². The zero-order valence-corrected chi connectivity index (χ0v) is 17.1. The molecule has 2 aromatic carbocycles.